The van der Waals surface area contributed by atoms with Crippen LogP contribution in [0.3, 0.4) is 0 Å². The highest BCUT2D eigenvalue weighted by atomic mass is 15.3. The highest BCUT2D eigenvalue weighted by Gasteiger charge is 2.32. The number of hydrogen-bond acceptors (Lipinski definition) is 7. The number of aliphatic imine (C=N–C) groups is 4. The van der Waals surface area contributed by atoms with Crippen LogP contribution in [0.4, 0.5) is 0 Å². The molecule has 55 heavy (non-hydrogen) atoms. The fourth-order valence-electron chi connectivity index (χ4n) is 7.55. The van der Waals surface area contributed by atoms with E-state index in [0.29, 0.717) is 12.1 Å². The van der Waals surface area contributed by atoms with Gasteiger partial charge in [0.25, 0.3) is 0 Å². The molecule has 4 aliphatic rings. The number of aryl methyl sites for hydroxylation is 1. The summed E-state index contributed by atoms with van der Waals surface area (Å²) in [5.41, 5.74) is 14.4. The minimum Gasteiger partial charge on any atom is -0.398 e. The summed E-state index contributed by atoms with van der Waals surface area (Å²) < 4.78 is 2.17. The summed E-state index contributed by atoms with van der Waals surface area (Å²) in [6.07, 6.45) is 20.9. The topological polar surface area (TPSA) is 135 Å². The number of nitrogens with zero attached hydrogens (tertiary/aromatic N) is 9. The molecule has 2 aromatic heterocycles. The minimum atomic E-state index is -0.195. The van der Waals surface area contributed by atoms with Crippen molar-refractivity contribution >= 4 is 34.4 Å². The predicted octanol–water partition coefficient (Wildman–Crippen LogP) is 3.00. The van der Waals surface area contributed by atoms with E-state index in [-0.39, 0.29) is 12.1 Å². The zero-order valence-corrected chi connectivity index (χ0v) is 33.7. The summed E-state index contributed by atoms with van der Waals surface area (Å²) in [6, 6.07) is 4.27. The van der Waals surface area contributed by atoms with E-state index in [1.807, 2.05) is 32.6 Å². The first-order valence-electron chi connectivity index (χ1n) is 19.4. The number of nitrogens with one attached hydrogen (secondary N) is 1. The van der Waals surface area contributed by atoms with Crippen LogP contribution in [0.15, 0.2) is 128 Å². The molecule has 0 saturated carbocycles. The highest BCUT2D eigenvalue weighted by molar-refractivity contribution is 6.47. The standard InChI is InChI=1S/C43H56N12/c1-10-46-42(53(9)12-3)37-30(44)18-15-17-29(40-48-28(6)27-55(40)14-5)31-21-22-34(49-31)38(41(45-7)52(8)11-2)35-23-24-36(51-35)39(33-20-16-19-32(37)50-33)43-47-25-26-54(43)13-4/h10,15-16,18-26,28,32,50-51H,1,11-14,17,27,44H2,2-9H3/p+1. The van der Waals surface area contributed by atoms with E-state index in [4.69, 9.17) is 30.7 Å². The Bertz CT molecular complexity index is 2240. The van der Waals surface area contributed by atoms with Gasteiger partial charge in [-0.1, -0.05) is 18.7 Å². The Kier molecular flexibility index (Phi) is 12.1. The molecule has 12 nitrogen and oxygen atoms in total. The first kappa shape index (κ1) is 39.0. The number of H-pyrrole nitrogens is 1. The van der Waals surface area contributed by atoms with Gasteiger partial charge >= 0.3 is 0 Å². The lowest BCUT2D eigenvalue weighted by atomic mass is 9.96. The maximum absolute atomic E-state index is 7.16. The van der Waals surface area contributed by atoms with Crippen molar-refractivity contribution in [3.63, 3.8) is 0 Å². The van der Waals surface area contributed by atoms with Gasteiger partial charge < -0.3 is 35.3 Å². The second-order valence-electron chi connectivity index (χ2n) is 14.0. The Morgan fingerprint density at radius 3 is 2.55 bits per heavy atom. The molecule has 0 amide bonds. The number of imidazole rings is 1. The molecule has 6 heterocycles. The van der Waals surface area contributed by atoms with Crippen LogP contribution in [0.5, 0.6) is 0 Å². The van der Waals surface area contributed by atoms with E-state index in [1.54, 1.807) is 6.20 Å². The summed E-state index contributed by atoms with van der Waals surface area (Å²) >= 11 is 0. The Morgan fingerprint density at radius 1 is 1.07 bits per heavy atom. The summed E-state index contributed by atoms with van der Waals surface area (Å²) in [7, 11) is 5.95. The molecule has 6 rings (SSSR count). The Balaban J connectivity index is 1.72. The van der Waals surface area contributed by atoms with Gasteiger partial charge in [-0.2, -0.15) is 0 Å². The van der Waals surface area contributed by atoms with Crippen molar-refractivity contribution in [1.29, 1.82) is 0 Å². The van der Waals surface area contributed by atoms with Crippen LogP contribution in [0.25, 0.3) is 11.1 Å². The summed E-state index contributed by atoms with van der Waals surface area (Å²) in [5.74, 6) is 3.46. The second-order valence-corrected chi connectivity index (χ2v) is 14.0. The molecule has 12 heteroatoms. The fraction of sp³-hybridized carbons (Fsp3) is 0.372. The number of allylic oxidation sites excluding steroid dienone is 7. The monoisotopic (exact) mass is 741 g/mol. The number of aromatic amines is 1. The zero-order valence-electron chi connectivity index (χ0n) is 33.7. The zero-order chi connectivity index (χ0) is 39.2. The van der Waals surface area contributed by atoms with E-state index >= 15 is 0 Å². The van der Waals surface area contributed by atoms with E-state index in [0.717, 1.165) is 106 Å². The first-order valence-corrected chi connectivity index (χ1v) is 19.4. The van der Waals surface area contributed by atoms with Gasteiger partial charge in [-0.05, 0) is 83.6 Å². The van der Waals surface area contributed by atoms with Crippen LogP contribution >= 0.6 is 0 Å². The van der Waals surface area contributed by atoms with Gasteiger partial charge in [0.05, 0.1) is 39.3 Å². The largest absolute Gasteiger partial charge is 0.398 e. The summed E-state index contributed by atoms with van der Waals surface area (Å²) in [4.78, 5) is 35.5. The van der Waals surface area contributed by atoms with Crippen LogP contribution in [0, 0.1) is 0 Å². The quantitative estimate of drug-likeness (QED) is 0.269. The highest BCUT2D eigenvalue weighted by Crippen LogP contribution is 2.27. The lowest BCUT2D eigenvalue weighted by Gasteiger charge is -2.27. The van der Waals surface area contributed by atoms with Gasteiger partial charge in [-0.15, -0.1) is 0 Å². The van der Waals surface area contributed by atoms with Crippen molar-refractivity contribution in [2.24, 2.45) is 25.7 Å². The lowest BCUT2D eigenvalue weighted by molar-refractivity contribution is -0.618. The molecule has 0 fully saturated rings. The van der Waals surface area contributed by atoms with E-state index in [9.17, 15) is 0 Å². The molecule has 2 atom stereocenters. The number of quaternary nitrogens is 1. The van der Waals surface area contributed by atoms with Crippen LogP contribution in [-0.2, 0) is 6.54 Å². The molecular weight excluding hydrogens is 685 g/mol. The van der Waals surface area contributed by atoms with Gasteiger partial charge in [0, 0.05) is 83.7 Å². The van der Waals surface area contributed by atoms with Crippen molar-refractivity contribution in [3.8, 4) is 0 Å². The number of amidine groups is 3. The molecular formula is C43H57N12+. The number of aromatic nitrogens is 3. The van der Waals surface area contributed by atoms with Gasteiger partial charge in [-0.3, -0.25) is 9.98 Å². The second kappa shape index (κ2) is 17.2. The molecule has 5 N–H and O–H groups in total. The molecule has 0 saturated heterocycles. The van der Waals surface area contributed by atoms with Crippen LogP contribution in [0.1, 0.15) is 46.9 Å². The van der Waals surface area contributed by atoms with Crippen LogP contribution in [0.2, 0.25) is 0 Å². The predicted molar refractivity (Wildman–Crippen MR) is 227 cm³/mol. The van der Waals surface area contributed by atoms with Crippen molar-refractivity contribution in [1.82, 2.24) is 29.2 Å². The third kappa shape index (κ3) is 7.77. The van der Waals surface area contributed by atoms with Gasteiger partial charge in [0.1, 0.15) is 40.6 Å². The first-order chi connectivity index (χ1) is 26.7. The summed E-state index contributed by atoms with van der Waals surface area (Å²) in [6.45, 7) is 18.7. The van der Waals surface area contributed by atoms with Crippen molar-refractivity contribution in [2.75, 3.05) is 47.3 Å². The lowest BCUT2D eigenvalue weighted by Crippen LogP contribution is -2.89. The van der Waals surface area contributed by atoms with Crippen molar-refractivity contribution in [3.05, 3.63) is 125 Å². The molecule has 0 aliphatic carbocycles. The Hall–Kier alpha value is -5.75. The summed E-state index contributed by atoms with van der Waals surface area (Å²) in [5, 5.41) is 4.11. The molecule has 0 spiro atoms. The molecule has 4 aliphatic heterocycles. The van der Waals surface area contributed by atoms with Crippen molar-refractivity contribution < 1.29 is 5.32 Å². The van der Waals surface area contributed by atoms with Gasteiger partial charge in [0.15, 0.2) is 0 Å². The van der Waals surface area contributed by atoms with E-state index < -0.39 is 0 Å². The van der Waals surface area contributed by atoms with Gasteiger partial charge in [0.2, 0.25) is 0 Å². The van der Waals surface area contributed by atoms with E-state index in [1.165, 1.54) is 0 Å². The smallest absolute Gasteiger partial charge is 0.148 e. The number of fused-ring (bicyclic) bond motifs is 5. The Morgan fingerprint density at radius 2 is 1.84 bits per heavy atom. The maximum atomic E-state index is 7.16. The van der Waals surface area contributed by atoms with Crippen LogP contribution < -0.4 is 21.7 Å². The number of rotatable bonds is 9. The fourth-order valence-corrected chi connectivity index (χ4v) is 7.55. The number of nitrogens with two attached hydrogens (primary N) is 2. The molecule has 2 unspecified atom stereocenters. The molecule has 2 aromatic rings. The van der Waals surface area contributed by atoms with Gasteiger partial charge in [-0.25, -0.2) is 15.0 Å². The molecule has 6 bridgehead atoms. The Labute approximate surface area is 325 Å². The normalized spacial score (nSPS) is 20.7. The third-order valence-corrected chi connectivity index (χ3v) is 10.6. The molecule has 288 valence electrons. The van der Waals surface area contributed by atoms with Crippen molar-refractivity contribution in [2.45, 2.75) is 59.7 Å². The number of hydrogen-bond donors (Lipinski definition) is 3. The van der Waals surface area contributed by atoms with E-state index in [2.05, 4.69) is 126 Å². The SMILES string of the molecule is C=CN=C(C1=C(N)C=CCC(C2=NC(C)CN2CC)=C2C=CC(=N2)C(C(=NC)N(C)CC)=c2ccc([nH]2)=C(c2nccn2CC)C2=CC=CC1[NH2+]2)N(C)CC. The molecule has 0 aromatic carbocycles. The molecule has 0 radical (unpaired) electrons. The third-order valence-electron chi connectivity index (χ3n) is 10.6. The minimum absolute atomic E-state index is 0.185. The van der Waals surface area contributed by atoms with Crippen LogP contribution in [-0.4, -0.2) is 112 Å². The number of likely N-dealkylation sites (N-methyl/N-ethyl adjacent to an activating group) is 2. The average molecular weight is 742 g/mol. The maximum Gasteiger partial charge on any atom is 0.148 e. The average Bonchev–Trinajstić information content (AvgIpc) is 4.03.